The molecule has 1 spiro atoms. The van der Waals surface area contributed by atoms with Gasteiger partial charge >= 0.3 is 5.97 Å². The Kier molecular flexibility index (Phi) is 7.41. The maximum absolute atomic E-state index is 13.9. The number of amides is 2. The van der Waals surface area contributed by atoms with E-state index in [9.17, 15) is 19.5 Å². The highest BCUT2D eigenvalue weighted by atomic mass is 32.2. The third kappa shape index (κ3) is 4.01. The van der Waals surface area contributed by atoms with Crippen molar-refractivity contribution in [2.24, 2.45) is 11.8 Å². The molecule has 5 atom stereocenters. The van der Waals surface area contributed by atoms with Gasteiger partial charge in [0.05, 0.1) is 16.6 Å². The molecule has 2 bridgehead atoms. The SMILES string of the molecule is C=CCN(CCCC)C(=O)C1N(CCCCCO)C(=O)[C@@H]2[C@@H](C(=O)O)[C@@]3(C)CCC12S3. The minimum Gasteiger partial charge on any atom is -0.481 e. The zero-order valence-electron chi connectivity index (χ0n) is 18.7. The summed E-state index contributed by atoms with van der Waals surface area (Å²) in [6.07, 6.45) is 7.04. The van der Waals surface area contributed by atoms with Crippen LogP contribution < -0.4 is 0 Å². The molecule has 0 radical (unpaired) electrons. The highest BCUT2D eigenvalue weighted by Gasteiger charge is 2.77. The Balaban J connectivity index is 1.97. The molecule has 174 valence electrons. The first-order valence-electron chi connectivity index (χ1n) is 11.5. The molecule has 0 aliphatic carbocycles. The molecule has 0 aromatic rings. The lowest BCUT2D eigenvalue weighted by molar-refractivity contribution is -0.150. The number of nitrogens with zero attached hydrogens (tertiary/aromatic N) is 2. The Morgan fingerprint density at radius 1 is 1.29 bits per heavy atom. The number of rotatable bonds is 12. The summed E-state index contributed by atoms with van der Waals surface area (Å²) < 4.78 is -1.19. The average Bonchev–Trinajstić information content (AvgIpc) is 3.29. The lowest BCUT2D eigenvalue weighted by Crippen LogP contribution is -2.55. The maximum Gasteiger partial charge on any atom is 0.308 e. The zero-order valence-corrected chi connectivity index (χ0v) is 19.5. The number of fused-ring (bicyclic) bond motifs is 1. The molecular weight excluding hydrogens is 416 g/mol. The van der Waals surface area contributed by atoms with Crippen LogP contribution >= 0.6 is 11.8 Å². The molecule has 0 aromatic carbocycles. The lowest BCUT2D eigenvalue weighted by atomic mass is 9.66. The van der Waals surface area contributed by atoms with E-state index < -0.39 is 33.3 Å². The molecule has 3 fully saturated rings. The van der Waals surface area contributed by atoms with E-state index in [-0.39, 0.29) is 18.4 Å². The quantitative estimate of drug-likeness (QED) is 0.349. The Morgan fingerprint density at radius 2 is 2.03 bits per heavy atom. The average molecular weight is 453 g/mol. The van der Waals surface area contributed by atoms with Crippen LogP contribution in [0.2, 0.25) is 0 Å². The predicted molar refractivity (Wildman–Crippen MR) is 121 cm³/mol. The first kappa shape index (κ1) is 24.1. The standard InChI is InChI=1S/C23H36N2O5S/c1-4-6-13-24(12-5-2)20(28)18-23-11-10-22(3,31-23)17(21(29)30)16(23)19(27)25(18)14-8-7-9-15-26/h5,16-18,26H,2,4,6-15H2,1,3H3,(H,29,30)/t16-,17-,18?,22+,23?/m0/s1. The van der Waals surface area contributed by atoms with Crippen molar-refractivity contribution < 1.29 is 24.6 Å². The van der Waals surface area contributed by atoms with Gasteiger partial charge in [0.1, 0.15) is 6.04 Å². The summed E-state index contributed by atoms with van der Waals surface area (Å²) in [7, 11) is 0. The molecule has 8 heteroatoms. The molecule has 3 rings (SSSR count). The first-order chi connectivity index (χ1) is 14.8. The number of carbonyl (C=O) groups excluding carboxylic acids is 2. The highest BCUT2D eigenvalue weighted by molar-refractivity contribution is 8.02. The van der Waals surface area contributed by atoms with Gasteiger partial charge in [-0.2, -0.15) is 0 Å². The Morgan fingerprint density at radius 3 is 2.65 bits per heavy atom. The van der Waals surface area contributed by atoms with Crippen molar-refractivity contribution in [1.29, 1.82) is 0 Å². The monoisotopic (exact) mass is 452 g/mol. The van der Waals surface area contributed by atoms with Gasteiger partial charge in [0.2, 0.25) is 11.8 Å². The summed E-state index contributed by atoms with van der Waals surface area (Å²) >= 11 is 1.58. The van der Waals surface area contributed by atoms with Crippen LogP contribution in [0, 0.1) is 11.8 Å². The van der Waals surface area contributed by atoms with Gasteiger partial charge in [-0.05, 0) is 45.4 Å². The normalized spacial score (nSPS) is 33.6. The van der Waals surface area contributed by atoms with Crippen LogP contribution in [-0.2, 0) is 14.4 Å². The number of hydrogen-bond acceptors (Lipinski definition) is 5. The van der Waals surface area contributed by atoms with Crippen LogP contribution in [0.5, 0.6) is 0 Å². The van der Waals surface area contributed by atoms with E-state index in [0.717, 1.165) is 19.3 Å². The van der Waals surface area contributed by atoms with Crippen molar-refractivity contribution >= 4 is 29.5 Å². The van der Waals surface area contributed by atoms with Gasteiger partial charge < -0.3 is 20.0 Å². The summed E-state index contributed by atoms with van der Waals surface area (Å²) in [5.74, 6) is -2.61. The number of likely N-dealkylation sites (tertiary alicyclic amines) is 1. The molecule has 3 aliphatic rings. The fraction of sp³-hybridized carbons (Fsp3) is 0.783. The number of aliphatic carboxylic acids is 1. The van der Waals surface area contributed by atoms with Crippen molar-refractivity contribution in [3.63, 3.8) is 0 Å². The van der Waals surface area contributed by atoms with Crippen molar-refractivity contribution in [2.45, 2.75) is 74.3 Å². The van der Waals surface area contributed by atoms with Gasteiger partial charge in [-0.25, -0.2) is 0 Å². The second-order valence-corrected chi connectivity index (χ2v) is 11.2. The van der Waals surface area contributed by atoms with Crippen molar-refractivity contribution in [3.8, 4) is 0 Å². The molecule has 2 N–H and O–H groups in total. The van der Waals surface area contributed by atoms with E-state index in [0.29, 0.717) is 45.3 Å². The highest BCUT2D eigenvalue weighted by Crippen LogP contribution is 2.71. The van der Waals surface area contributed by atoms with Gasteiger partial charge in [0.15, 0.2) is 0 Å². The Hall–Kier alpha value is -1.54. The zero-order chi connectivity index (χ0) is 22.8. The van der Waals surface area contributed by atoms with Gasteiger partial charge in [0, 0.05) is 31.0 Å². The molecular formula is C23H36N2O5S. The van der Waals surface area contributed by atoms with E-state index in [1.807, 2.05) is 6.92 Å². The van der Waals surface area contributed by atoms with Gasteiger partial charge in [0.25, 0.3) is 0 Å². The fourth-order valence-electron chi connectivity index (χ4n) is 5.86. The number of carboxylic acid groups (broad SMARTS) is 1. The number of carboxylic acids is 1. The molecule has 7 nitrogen and oxygen atoms in total. The number of carbonyl (C=O) groups is 3. The van der Waals surface area contributed by atoms with Crippen LogP contribution in [0.3, 0.4) is 0 Å². The van der Waals surface area contributed by atoms with Gasteiger partial charge in [-0.15, -0.1) is 18.3 Å². The maximum atomic E-state index is 13.9. The van der Waals surface area contributed by atoms with Crippen molar-refractivity contribution in [2.75, 3.05) is 26.2 Å². The van der Waals surface area contributed by atoms with Crippen LogP contribution in [0.1, 0.15) is 58.8 Å². The van der Waals surface area contributed by atoms with Crippen molar-refractivity contribution in [1.82, 2.24) is 9.80 Å². The van der Waals surface area contributed by atoms with Crippen LogP contribution in [0.15, 0.2) is 12.7 Å². The topological polar surface area (TPSA) is 98.2 Å². The Labute approximate surface area is 189 Å². The van der Waals surface area contributed by atoms with E-state index in [1.165, 1.54) is 0 Å². The van der Waals surface area contributed by atoms with E-state index >= 15 is 0 Å². The van der Waals surface area contributed by atoms with E-state index in [1.54, 1.807) is 27.6 Å². The third-order valence-corrected chi connectivity index (χ3v) is 9.26. The molecule has 0 aromatic heterocycles. The van der Waals surface area contributed by atoms with Crippen LogP contribution in [0.25, 0.3) is 0 Å². The smallest absolute Gasteiger partial charge is 0.308 e. The third-order valence-electron chi connectivity index (χ3n) is 7.28. The van der Waals surface area contributed by atoms with E-state index in [4.69, 9.17) is 5.11 Å². The molecule has 2 amide bonds. The molecule has 3 aliphatic heterocycles. The summed E-state index contributed by atoms with van der Waals surface area (Å²) in [6, 6.07) is -0.632. The van der Waals surface area contributed by atoms with Gasteiger partial charge in [-0.3, -0.25) is 14.4 Å². The second-order valence-electron chi connectivity index (χ2n) is 9.31. The lowest BCUT2D eigenvalue weighted by Gasteiger charge is -2.37. The molecule has 3 heterocycles. The number of hydrogen-bond donors (Lipinski definition) is 2. The number of unbranched alkanes of at least 4 members (excludes halogenated alkanes) is 3. The van der Waals surface area contributed by atoms with Crippen LogP contribution in [-0.4, -0.2) is 79.6 Å². The van der Waals surface area contributed by atoms with Gasteiger partial charge in [-0.1, -0.05) is 19.4 Å². The van der Waals surface area contributed by atoms with Crippen LogP contribution in [0.4, 0.5) is 0 Å². The molecule has 2 unspecified atom stereocenters. The summed E-state index contributed by atoms with van der Waals surface area (Å²) in [6.45, 7) is 9.37. The minimum atomic E-state index is -0.933. The summed E-state index contributed by atoms with van der Waals surface area (Å²) in [5, 5.41) is 19.1. The summed E-state index contributed by atoms with van der Waals surface area (Å²) in [4.78, 5) is 43.2. The van der Waals surface area contributed by atoms with E-state index in [2.05, 4.69) is 13.5 Å². The first-order valence-corrected chi connectivity index (χ1v) is 12.3. The predicted octanol–water partition coefficient (Wildman–Crippen LogP) is 2.53. The summed E-state index contributed by atoms with van der Waals surface area (Å²) in [5.41, 5.74) is 0. The molecule has 3 saturated heterocycles. The number of aliphatic hydroxyl groups is 1. The Bertz CT molecular complexity index is 731. The number of thioether (sulfide) groups is 1. The number of aliphatic hydroxyl groups excluding tert-OH is 1. The molecule has 31 heavy (non-hydrogen) atoms. The van der Waals surface area contributed by atoms with Crippen molar-refractivity contribution in [3.05, 3.63) is 12.7 Å². The molecule has 0 saturated carbocycles. The largest absolute Gasteiger partial charge is 0.481 e. The fourth-order valence-corrected chi connectivity index (χ4v) is 8.21. The minimum absolute atomic E-state index is 0.0749. The second kappa shape index (κ2) is 9.53.